The van der Waals surface area contributed by atoms with Gasteiger partial charge in [0.2, 0.25) is 5.91 Å². The van der Waals surface area contributed by atoms with Crippen LogP contribution in [0.5, 0.6) is 0 Å². The Bertz CT molecular complexity index is 944. The Kier molecular flexibility index (Phi) is 5.28. The van der Waals surface area contributed by atoms with Crippen molar-refractivity contribution in [3.05, 3.63) is 70.8 Å². The largest absolute Gasteiger partial charge is 0.310 e. The molecule has 27 heavy (non-hydrogen) atoms. The first-order valence-electron chi connectivity index (χ1n) is 8.50. The van der Waals surface area contributed by atoms with Crippen LogP contribution in [0.4, 0.5) is 10.2 Å². The first kappa shape index (κ1) is 19.0. The molecule has 2 heterocycles. The van der Waals surface area contributed by atoms with Crippen molar-refractivity contribution in [1.29, 1.82) is 0 Å². The number of carbonyl (C=O) groups is 1. The van der Waals surface area contributed by atoms with Crippen molar-refractivity contribution in [2.75, 3.05) is 5.32 Å². The fourth-order valence-electron chi connectivity index (χ4n) is 2.54. The third-order valence-electron chi connectivity index (χ3n) is 4.01. The van der Waals surface area contributed by atoms with E-state index < -0.39 is 5.82 Å². The van der Waals surface area contributed by atoms with Crippen LogP contribution in [0, 0.1) is 5.82 Å². The molecule has 0 saturated carbocycles. The van der Waals surface area contributed by atoms with Gasteiger partial charge < -0.3 is 5.32 Å². The minimum atomic E-state index is -0.508. The molecule has 7 heteroatoms. The number of anilines is 1. The highest BCUT2D eigenvalue weighted by atomic mass is 35.5. The second-order valence-electron chi connectivity index (χ2n) is 7.19. The molecule has 0 aliphatic rings. The first-order valence-corrected chi connectivity index (χ1v) is 8.88. The van der Waals surface area contributed by atoms with E-state index in [1.54, 1.807) is 35.1 Å². The van der Waals surface area contributed by atoms with Crippen LogP contribution in [0.1, 0.15) is 32.0 Å². The van der Waals surface area contributed by atoms with Crippen molar-refractivity contribution in [3.8, 4) is 5.82 Å². The summed E-state index contributed by atoms with van der Waals surface area (Å²) in [6.07, 6.45) is 1.47. The van der Waals surface area contributed by atoms with Gasteiger partial charge in [0.1, 0.15) is 11.6 Å². The summed E-state index contributed by atoms with van der Waals surface area (Å²) in [6, 6.07) is 11.6. The molecular weight excluding hydrogens is 367 g/mol. The Morgan fingerprint density at radius 1 is 1.22 bits per heavy atom. The summed E-state index contributed by atoms with van der Waals surface area (Å²) < 4.78 is 15.5. The molecule has 0 aliphatic carbocycles. The monoisotopic (exact) mass is 386 g/mol. The maximum Gasteiger partial charge on any atom is 0.230 e. The van der Waals surface area contributed by atoms with E-state index >= 15 is 0 Å². The average molecular weight is 387 g/mol. The quantitative estimate of drug-likeness (QED) is 0.716. The van der Waals surface area contributed by atoms with Gasteiger partial charge in [-0.05, 0) is 24.3 Å². The minimum Gasteiger partial charge on any atom is -0.310 e. The fraction of sp³-hybridized carbons (Fsp3) is 0.250. The van der Waals surface area contributed by atoms with E-state index in [9.17, 15) is 9.18 Å². The Hall–Kier alpha value is -2.73. The molecule has 0 atom stereocenters. The van der Waals surface area contributed by atoms with Gasteiger partial charge in [-0.15, -0.1) is 0 Å². The zero-order valence-corrected chi connectivity index (χ0v) is 16.1. The maximum absolute atomic E-state index is 14.0. The summed E-state index contributed by atoms with van der Waals surface area (Å²) in [5, 5.41) is 7.61. The lowest BCUT2D eigenvalue weighted by Gasteiger charge is -2.13. The lowest BCUT2D eigenvalue weighted by molar-refractivity contribution is -0.115. The van der Waals surface area contributed by atoms with Crippen LogP contribution >= 0.6 is 11.6 Å². The topological polar surface area (TPSA) is 59.8 Å². The number of nitrogens with zero attached hydrogens (tertiary/aromatic N) is 3. The van der Waals surface area contributed by atoms with Gasteiger partial charge in [-0.25, -0.2) is 9.37 Å². The molecule has 3 aromatic rings. The smallest absolute Gasteiger partial charge is 0.230 e. The molecule has 0 fully saturated rings. The summed E-state index contributed by atoms with van der Waals surface area (Å²) in [4.78, 5) is 16.8. The standard InChI is InChI=1S/C20H20ClFN4O/c1-20(2,3)16-12-18(26(25-16)17-9-4-5-10-23-17)24-19(27)11-13-14(21)7-6-8-15(13)22/h4-10,12H,11H2,1-3H3,(H,24,27). The number of rotatable bonds is 4. The molecule has 0 aliphatic heterocycles. The van der Waals surface area contributed by atoms with Gasteiger partial charge in [0, 0.05) is 28.3 Å². The highest BCUT2D eigenvalue weighted by Crippen LogP contribution is 2.26. The molecule has 140 valence electrons. The average Bonchev–Trinajstić information content (AvgIpc) is 3.03. The van der Waals surface area contributed by atoms with Crippen molar-refractivity contribution in [1.82, 2.24) is 14.8 Å². The van der Waals surface area contributed by atoms with Gasteiger partial charge in [0.05, 0.1) is 12.1 Å². The summed E-state index contributed by atoms with van der Waals surface area (Å²) in [5.41, 5.74) is 0.748. The number of hydrogen-bond donors (Lipinski definition) is 1. The SMILES string of the molecule is CC(C)(C)c1cc(NC(=O)Cc2c(F)cccc2Cl)n(-c2ccccn2)n1. The molecule has 0 saturated heterocycles. The number of aromatic nitrogens is 3. The van der Waals surface area contributed by atoms with Crippen molar-refractivity contribution < 1.29 is 9.18 Å². The van der Waals surface area contributed by atoms with Crippen LogP contribution in [0.25, 0.3) is 5.82 Å². The van der Waals surface area contributed by atoms with Gasteiger partial charge in [-0.1, -0.05) is 44.5 Å². The molecule has 0 radical (unpaired) electrons. The number of amides is 1. The van der Waals surface area contributed by atoms with Crippen molar-refractivity contribution in [2.24, 2.45) is 0 Å². The molecule has 1 amide bonds. The Labute approximate surface area is 162 Å². The number of hydrogen-bond acceptors (Lipinski definition) is 3. The van der Waals surface area contributed by atoms with Crippen LogP contribution < -0.4 is 5.32 Å². The summed E-state index contributed by atoms with van der Waals surface area (Å²) in [7, 11) is 0. The van der Waals surface area contributed by atoms with Crippen LogP contribution in [-0.2, 0) is 16.6 Å². The molecule has 1 aromatic carbocycles. The highest BCUT2D eigenvalue weighted by Gasteiger charge is 2.22. The fourth-order valence-corrected chi connectivity index (χ4v) is 2.77. The van der Waals surface area contributed by atoms with E-state index in [0.717, 1.165) is 5.69 Å². The highest BCUT2D eigenvalue weighted by molar-refractivity contribution is 6.31. The van der Waals surface area contributed by atoms with Crippen LogP contribution in [-0.4, -0.2) is 20.7 Å². The van der Waals surface area contributed by atoms with Crippen molar-refractivity contribution in [2.45, 2.75) is 32.6 Å². The molecule has 0 unspecified atom stereocenters. The van der Waals surface area contributed by atoms with Gasteiger partial charge in [-0.3, -0.25) is 4.79 Å². The zero-order valence-electron chi connectivity index (χ0n) is 15.3. The lowest BCUT2D eigenvalue weighted by Crippen LogP contribution is -2.18. The number of benzene rings is 1. The first-order chi connectivity index (χ1) is 12.8. The predicted octanol–water partition coefficient (Wildman–Crippen LogP) is 4.54. The van der Waals surface area contributed by atoms with Crippen LogP contribution in [0.15, 0.2) is 48.7 Å². The van der Waals surface area contributed by atoms with Crippen LogP contribution in [0.3, 0.4) is 0 Å². The molecule has 3 rings (SSSR count). The Balaban J connectivity index is 1.91. The summed E-state index contributed by atoms with van der Waals surface area (Å²) >= 11 is 6.02. The molecule has 5 nitrogen and oxygen atoms in total. The van der Waals surface area contributed by atoms with Gasteiger partial charge >= 0.3 is 0 Å². The number of nitrogens with one attached hydrogen (secondary N) is 1. The summed E-state index contributed by atoms with van der Waals surface area (Å²) in [5.74, 6) is 0.147. The van der Waals surface area contributed by atoms with E-state index in [-0.39, 0.29) is 28.3 Å². The lowest BCUT2D eigenvalue weighted by atomic mass is 9.92. The minimum absolute atomic E-state index is 0.164. The molecule has 0 bridgehead atoms. The van der Waals surface area contributed by atoms with E-state index in [1.165, 1.54) is 12.1 Å². The third-order valence-corrected chi connectivity index (χ3v) is 4.36. The number of pyridine rings is 1. The zero-order chi connectivity index (χ0) is 19.6. The predicted molar refractivity (Wildman–Crippen MR) is 104 cm³/mol. The second kappa shape index (κ2) is 7.48. The number of halogens is 2. The van der Waals surface area contributed by atoms with Gasteiger partial charge in [0.25, 0.3) is 0 Å². The van der Waals surface area contributed by atoms with Crippen molar-refractivity contribution >= 4 is 23.3 Å². The maximum atomic E-state index is 14.0. The molecule has 2 aromatic heterocycles. The van der Waals surface area contributed by atoms with E-state index in [0.29, 0.717) is 11.6 Å². The van der Waals surface area contributed by atoms with E-state index in [2.05, 4.69) is 15.4 Å². The molecule has 0 spiro atoms. The summed E-state index contributed by atoms with van der Waals surface area (Å²) in [6.45, 7) is 6.09. The van der Waals surface area contributed by atoms with E-state index in [4.69, 9.17) is 11.6 Å². The van der Waals surface area contributed by atoms with Gasteiger partial charge in [0.15, 0.2) is 5.82 Å². The normalized spacial score (nSPS) is 11.4. The molecule has 1 N–H and O–H groups in total. The number of carbonyl (C=O) groups excluding carboxylic acids is 1. The Morgan fingerprint density at radius 3 is 2.63 bits per heavy atom. The third kappa shape index (κ3) is 4.34. The van der Waals surface area contributed by atoms with Crippen LogP contribution in [0.2, 0.25) is 5.02 Å². The Morgan fingerprint density at radius 2 is 2.00 bits per heavy atom. The van der Waals surface area contributed by atoms with Crippen molar-refractivity contribution in [3.63, 3.8) is 0 Å². The second-order valence-corrected chi connectivity index (χ2v) is 7.60. The molecular formula is C20H20ClFN4O. The van der Waals surface area contributed by atoms with E-state index in [1.807, 2.05) is 26.8 Å². The van der Waals surface area contributed by atoms with Gasteiger partial charge in [-0.2, -0.15) is 9.78 Å².